The fourth-order valence-corrected chi connectivity index (χ4v) is 2.37. The number of hydrogen-bond donors (Lipinski definition) is 1. The van der Waals surface area contributed by atoms with Crippen LogP contribution in [-0.4, -0.2) is 27.7 Å². The van der Waals surface area contributed by atoms with Crippen LogP contribution in [0.5, 0.6) is 11.5 Å². The lowest BCUT2D eigenvalue weighted by molar-refractivity contribution is 0.171. The highest BCUT2D eigenvalue weighted by molar-refractivity contribution is 5.78. The topological polar surface area (TPSA) is 61.2 Å². The van der Waals surface area contributed by atoms with Crippen molar-refractivity contribution in [2.24, 2.45) is 7.05 Å². The maximum atomic E-state index is 5.58. The molecule has 1 aliphatic heterocycles. The normalized spacial score (nSPS) is 13.4. The molecule has 6 nitrogen and oxygen atoms in total. The van der Waals surface area contributed by atoms with Crippen LogP contribution in [0.2, 0.25) is 0 Å². The Kier molecular flexibility index (Phi) is 2.67. The number of hydrogen-bond acceptors (Lipinski definition) is 5. The van der Waals surface area contributed by atoms with Gasteiger partial charge >= 0.3 is 0 Å². The van der Waals surface area contributed by atoms with E-state index in [9.17, 15) is 0 Å². The molecule has 0 saturated heterocycles. The van der Waals surface area contributed by atoms with E-state index < -0.39 is 0 Å². The van der Waals surface area contributed by atoms with Crippen molar-refractivity contribution in [1.29, 1.82) is 0 Å². The van der Waals surface area contributed by atoms with E-state index in [4.69, 9.17) is 9.47 Å². The summed E-state index contributed by atoms with van der Waals surface area (Å²) in [6.45, 7) is 1.17. The van der Waals surface area contributed by atoms with Crippen molar-refractivity contribution >= 4 is 22.5 Å². The van der Waals surface area contributed by atoms with E-state index in [1.165, 1.54) is 0 Å². The second-order valence-electron chi connectivity index (χ2n) is 4.90. The zero-order valence-corrected chi connectivity index (χ0v) is 11.5. The Morgan fingerprint density at radius 3 is 2.86 bits per heavy atom. The van der Waals surface area contributed by atoms with Gasteiger partial charge in [-0.15, -0.1) is 0 Å². The number of anilines is 2. The third-order valence-corrected chi connectivity index (χ3v) is 3.43. The second kappa shape index (κ2) is 4.66. The Morgan fingerprint density at radius 1 is 1.10 bits per heavy atom. The van der Waals surface area contributed by atoms with Crippen LogP contribution < -0.4 is 14.8 Å². The molecule has 1 aliphatic rings. The number of benzene rings is 1. The van der Waals surface area contributed by atoms with Gasteiger partial charge in [0.2, 0.25) is 0 Å². The number of fused-ring (bicyclic) bond motifs is 2. The van der Waals surface area contributed by atoms with Gasteiger partial charge in [-0.1, -0.05) is 0 Å². The largest absolute Gasteiger partial charge is 0.486 e. The van der Waals surface area contributed by atoms with Gasteiger partial charge in [0.25, 0.3) is 0 Å². The van der Waals surface area contributed by atoms with Crippen LogP contribution in [0, 0.1) is 0 Å². The molecule has 21 heavy (non-hydrogen) atoms. The standard InChI is InChI=1S/C15H14N4O2/c1-19-9-17-11-8-16-15(7-12(11)19)18-10-2-3-13-14(6-10)21-5-4-20-13/h2-3,6-9H,4-5H2,1H3,(H,16,18). The first-order valence-corrected chi connectivity index (χ1v) is 6.73. The highest BCUT2D eigenvalue weighted by Gasteiger charge is 2.12. The van der Waals surface area contributed by atoms with Crippen LogP contribution in [0.1, 0.15) is 0 Å². The quantitative estimate of drug-likeness (QED) is 0.782. The number of aryl methyl sites for hydroxylation is 1. The van der Waals surface area contributed by atoms with Gasteiger partial charge in [0, 0.05) is 24.9 Å². The highest BCUT2D eigenvalue weighted by Crippen LogP contribution is 2.33. The number of nitrogens with zero attached hydrogens (tertiary/aromatic N) is 3. The zero-order chi connectivity index (χ0) is 14.2. The second-order valence-corrected chi connectivity index (χ2v) is 4.90. The lowest BCUT2D eigenvalue weighted by atomic mass is 10.2. The first-order chi connectivity index (χ1) is 10.3. The number of nitrogens with one attached hydrogen (secondary N) is 1. The lowest BCUT2D eigenvalue weighted by Gasteiger charge is -2.19. The fourth-order valence-electron chi connectivity index (χ4n) is 2.37. The van der Waals surface area contributed by atoms with Crippen molar-refractivity contribution in [2.75, 3.05) is 18.5 Å². The third kappa shape index (κ3) is 2.14. The van der Waals surface area contributed by atoms with Gasteiger partial charge in [0.05, 0.1) is 18.0 Å². The summed E-state index contributed by atoms with van der Waals surface area (Å²) in [5.41, 5.74) is 2.82. The van der Waals surface area contributed by atoms with E-state index >= 15 is 0 Å². The molecule has 4 rings (SSSR count). The van der Waals surface area contributed by atoms with Crippen molar-refractivity contribution in [3.05, 3.63) is 36.8 Å². The molecule has 0 bridgehead atoms. The number of ether oxygens (including phenoxy) is 2. The Morgan fingerprint density at radius 2 is 1.95 bits per heavy atom. The molecule has 3 heterocycles. The van der Waals surface area contributed by atoms with Crippen LogP contribution in [0.3, 0.4) is 0 Å². The van der Waals surface area contributed by atoms with Gasteiger partial charge in [0.15, 0.2) is 11.5 Å². The van der Waals surface area contributed by atoms with Gasteiger partial charge in [0.1, 0.15) is 24.5 Å². The zero-order valence-electron chi connectivity index (χ0n) is 11.5. The average molecular weight is 282 g/mol. The molecule has 2 aromatic heterocycles. The summed E-state index contributed by atoms with van der Waals surface area (Å²) < 4.78 is 13.1. The van der Waals surface area contributed by atoms with Gasteiger partial charge < -0.3 is 19.4 Å². The maximum Gasteiger partial charge on any atom is 0.163 e. The average Bonchev–Trinajstić information content (AvgIpc) is 2.88. The van der Waals surface area contributed by atoms with Crippen molar-refractivity contribution in [1.82, 2.24) is 14.5 Å². The van der Waals surface area contributed by atoms with Crippen molar-refractivity contribution in [3.8, 4) is 11.5 Å². The van der Waals surface area contributed by atoms with E-state index in [1.807, 2.05) is 35.9 Å². The van der Waals surface area contributed by atoms with E-state index in [2.05, 4.69) is 15.3 Å². The molecule has 0 unspecified atom stereocenters. The Hall–Kier alpha value is -2.76. The number of rotatable bonds is 2. The van der Waals surface area contributed by atoms with Crippen LogP contribution in [0.4, 0.5) is 11.5 Å². The minimum absolute atomic E-state index is 0.579. The van der Waals surface area contributed by atoms with Crippen LogP contribution in [-0.2, 0) is 7.05 Å². The van der Waals surface area contributed by atoms with E-state index in [-0.39, 0.29) is 0 Å². The molecule has 0 amide bonds. The summed E-state index contributed by atoms with van der Waals surface area (Å²) in [6.07, 6.45) is 3.54. The van der Waals surface area contributed by atoms with Gasteiger partial charge in [-0.25, -0.2) is 9.97 Å². The molecule has 0 atom stereocenters. The van der Waals surface area contributed by atoms with E-state index in [1.54, 1.807) is 12.5 Å². The van der Waals surface area contributed by atoms with Crippen molar-refractivity contribution in [3.63, 3.8) is 0 Å². The first-order valence-electron chi connectivity index (χ1n) is 6.73. The molecule has 3 aromatic rings. The molecular weight excluding hydrogens is 268 g/mol. The smallest absolute Gasteiger partial charge is 0.163 e. The summed E-state index contributed by atoms with van der Waals surface area (Å²) in [6, 6.07) is 7.74. The molecular formula is C15H14N4O2. The third-order valence-electron chi connectivity index (χ3n) is 3.43. The minimum atomic E-state index is 0.579. The summed E-state index contributed by atoms with van der Waals surface area (Å²) in [5.74, 6) is 2.30. The van der Waals surface area contributed by atoms with Crippen molar-refractivity contribution in [2.45, 2.75) is 0 Å². The summed E-state index contributed by atoms with van der Waals surface area (Å²) in [5, 5.41) is 3.28. The highest BCUT2D eigenvalue weighted by atomic mass is 16.6. The van der Waals surface area contributed by atoms with Crippen LogP contribution in [0.25, 0.3) is 11.0 Å². The Bertz CT molecular complexity index is 813. The van der Waals surface area contributed by atoms with Crippen LogP contribution >= 0.6 is 0 Å². The molecule has 0 fully saturated rings. The number of aromatic nitrogens is 3. The van der Waals surface area contributed by atoms with E-state index in [0.29, 0.717) is 13.2 Å². The molecule has 1 N–H and O–H groups in total. The minimum Gasteiger partial charge on any atom is -0.486 e. The molecule has 0 saturated carbocycles. The summed E-state index contributed by atoms with van der Waals surface area (Å²) in [7, 11) is 1.96. The van der Waals surface area contributed by atoms with Crippen molar-refractivity contribution < 1.29 is 9.47 Å². The SMILES string of the molecule is Cn1cnc2cnc(Nc3ccc4c(c3)OCCO4)cc21. The molecule has 106 valence electrons. The first kappa shape index (κ1) is 12.0. The maximum absolute atomic E-state index is 5.58. The molecule has 0 radical (unpaired) electrons. The van der Waals surface area contributed by atoms with E-state index in [0.717, 1.165) is 34.0 Å². The van der Waals surface area contributed by atoms with Gasteiger partial charge in [-0.3, -0.25) is 0 Å². The molecule has 0 spiro atoms. The van der Waals surface area contributed by atoms with Gasteiger partial charge in [-0.05, 0) is 12.1 Å². The Labute approximate surface area is 121 Å². The monoisotopic (exact) mass is 282 g/mol. The molecule has 6 heteroatoms. The van der Waals surface area contributed by atoms with Gasteiger partial charge in [-0.2, -0.15) is 0 Å². The fraction of sp³-hybridized carbons (Fsp3) is 0.200. The molecule has 1 aromatic carbocycles. The van der Waals surface area contributed by atoms with Crippen LogP contribution in [0.15, 0.2) is 36.8 Å². The number of pyridine rings is 1. The summed E-state index contributed by atoms with van der Waals surface area (Å²) >= 11 is 0. The summed E-state index contributed by atoms with van der Waals surface area (Å²) in [4.78, 5) is 8.63. The Balaban J connectivity index is 1.66. The predicted molar refractivity (Wildman–Crippen MR) is 79.2 cm³/mol. The lowest BCUT2D eigenvalue weighted by Crippen LogP contribution is -2.15. The predicted octanol–water partition coefficient (Wildman–Crippen LogP) is 2.48. The number of imidazole rings is 1. The molecule has 0 aliphatic carbocycles.